The number of carboxylic acid groups (broad SMARTS) is 1. The first-order valence-electron chi connectivity index (χ1n) is 8.52. The Morgan fingerprint density at radius 2 is 2.21 bits per heavy atom. The van der Waals surface area contributed by atoms with E-state index in [-0.39, 0.29) is 24.2 Å². The largest absolute Gasteiger partial charge is 0.477 e. The molecule has 3 aliphatic rings. The molecule has 2 amide bonds. The SMILES string of the molecule is N[C@@H]1C(=O)N2C(C(=O)O)=C(C[n+]3ccc4n3CC(OC=O)CN4C=O)CS[C@H]12. The second-order valence-corrected chi connectivity index (χ2v) is 7.76. The average molecular weight is 408 g/mol. The van der Waals surface area contributed by atoms with E-state index in [0.717, 1.165) is 0 Å². The molecule has 4 rings (SSSR count). The molecule has 0 saturated carbocycles. The Morgan fingerprint density at radius 1 is 1.43 bits per heavy atom. The fraction of sp³-hybridized carbons (Fsp3) is 0.438. The number of rotatable bonds is 6. The summed E-state index contributed by atoms with van der Waals surface area (Å²) in [6, 6.07) is 1.05. The highest BCUT2D eigenvalue weighted by molar-refractivity contribution is 8.00. The number of nitrogens with zero attached hydrogens (tertiary/aromatic N) is 4. The van der Waals surface area contributed by atoms with Crippen LogP contribution in [0, 0.1) is 0 Å². The predicted molar refractivity (Wildman–Crippen MR) is 94.7 cm³/mol. The number of β-lactam (4-membered cyclic amide) rings is 1. The lowest BCUT2D eigenvalue weighted by Gasteiger charge is -2.47. The number of thioether (sulfide) groups is 1. The quantitative estimate of drug-likeness (QED) is 0.309. The van der Waals surface area contributed by atoms with Crippen LogP contribution in [-0.2, 0) is 37.0 Å². The highest BCUT2D eigenvalue weighted by Gasteiger charge is 2.52. The van der Waals surface area contributed by atoms with Crippen molar-refractivity contribution in [2.45, 2.75) is 30.6 Å². The van der Waals surface area contributed by atoms with Gasteiger partial charge >= 0.3 is 5.97 Å². The van der Waals surface area contributed by atoms with E-state index >= 15 is 0 Å². The lowest BCUT2D eigenvalue weighted by molar-refractivity contribution is -0.768. The standard InChI is InChI=1S/C16H17N5O6S/c17-12-14(24)21-13(16(25)26)9(6-28-15(12)21)3-19-2-1-11-18(7-22)4-10(27-8-23)5-20(11)19/h1-2,7-8,10,12,15H,3-6,17H2/p+1/t10?,12-,15-/m1/s1. The van der Waals surface area contributed by atoms with Crippen LogP contribution in [0.15, 0.2) is 23.5 Å². The summed E-state index contributed by atoms with van der Waals surface area (Å²) in [6.45, 7) is 1.12. The van der Waals surface area contributed by atoms with E-state index in [1.54, 1.807) is 21.6 Å². The van der Waals surface area contributed by atoms with Gasteiger partial charge in [-0.25, -0.2) is 4.79 Å². The van der Waals surface area contributed by atoms with E-state index in [4.69, 9.17) is 10.5 Å². The van der Waals surface area contributed by atoms with E-state index in [0.29, 0.717) is 36.6 Å². The molecule has 12 heteroatoms. The van der Waals surface area contributed by atoms with Gasteiger partial charge in [0.15, 0.2) is 18.6 Å². The van der Waals surface area contributed by atoms with E-state index < -0.39 is 24.0 Å². The van der Waals surface area contributed by atoms with Gasteiger partial charge in [0, 0.05) is 11.3 Å². The topological polar surface area (TPSA) is 139 Å². The number of fused-ring (bicyclic) bond motifs is 2. The van der Waals surface area contributed by atoms with Crippen LogP contribution in [-0.4, -0.2) is 69.3 Å². The van der Waals surface area contributed by atoms with Gasteiger partial charge in [-0.15, -0.1) is 21.1 Å². The third-order valence-corrected chi connectivity index (χ3v) is 6.42. The molecular formula is C16H18N5O6S+. The first-order valence-corrected chi connectivity index (χ1v) is 9.57. The summed E-state index contributed by atoms with van der Waals surface area (Å²) in [5.41, 5.74) is 6.29. The van der Waals surface area contributed by atoms with Crippen molar-refractivity contribution in [2.24, 2.45) is 5.73 Å². The maximum atomic E-state index is 12.1. The van der Waals surface area contributed by atoms with E-state index in [2.05, 4.69) is 0 Å². The number of hydrogen-bond donors (Lipinski definition) is 2. The van der Waals surface area contributed by atoms with Crippen molar-refractivity contribution >= 4 is 42.3 Å². The van der Waals surface area contributed by atoms with Gasteiger partial charge in [-0.2, -0.15) is 0 Å². The molecule has 3 aliphatic heterocycles. The molecule has 0 spiro atoms. The minimum atomic E-state index is -1.18. The molecule has 0 radical (unpaired) electrons. The van der Waals surface area contributed by atoms with Crippen LogP contribution in [0.25, 0.3) is 0 Å². The Kier molecular flexibility index (Phi) is 4.59. The summed E-state index contributed by atoms with van der Waals surface area (Å²) in [7, 11) is 0. The summed E-state index contributed by atoms with van der Waals surface area (Å²) in [5, 5.41) is 9.31. The molecule has 1 aromatic heterocycles. The fourth-order valence-electron chi connectivity index (χ4n) is 3.75. The molecular weight excluding hydrogens is 390 g/mol. The Labute approximate surface area is 163 Å². The lowest BCUT2D eigenvalue weighted by atomic mass is 10.0. The predicted octanol–water partition coefficient (Wildman–Crippen LogP) is -2.13. The lowest BCUT2D eigenvalue weighted by Crippen LogP contribution is -2.68. The third kappa shape index (κ3) is 2.76. The Balaban J connectivity index is 1.67. The van der Waals surface area contributed by atoms with Crippen LogP contribution in [0.4, 0.5) is 5.82 Å². The number of ether oxygens (including phenoxy) is 1. The van der Waals surface area contributed by atoms with E-state index in [9.17, 15) is 24.3 Å². The van der Waals surface area contributed by atoms with Gasteiger partial charge < -0.3 is 15.6 Å². The van der Waals surface area contributed by atoms with Crippen molar-refractivity contribution in [3.8, 4) is 0 Å². The van der Waals surface area contributed by atoms with Gasteiger partial charge in [0.25, 0.3) is 6.47 Å². The van der Waals surface area contributed by atoms with Gasteiger partial charge in [0.2, 0.25) is 12.3 Å². The third-order valence-electron chi connectivity index (χ3n) is 5.06. The van der Waals surface area contributed by atoms with Crippen LogP contribution in [0.3, 0.4) is 0 Å². The number of nitrogens with two attached hydrogens (primary N) is 1. The van der Waals surface area contributed by atoms with Crippen molar-refractivity contribution in [3.05, 3.63) is 23.5 Å². The summed E-state index contributed by atoms with van der Waals surface area (Å²) < 4.78 is 8.51. The van der Waals surface area contributed by atoms with Gasteiger partial charge in [-0.3, -0.25) is 24.2 Å². The number of anilines is 1. The maximum absolute atomic E-state index is 12.1. The molecule has 148 valence electrons. The molecule has 1 saturated heterocycles. The van der Waals surface area contributed by atoms with E-state index in [1.165, 1.54) is 21.6 Å². The van der Waals surface area contributed by atoms with Gasteiger partial charge in [-0.1, -0.05) is 0 Å². The van der Waals surface area contributed by atoms with Crippen molar-refractivity contribution in [3.63, 3.8) is 0 Å². The average Bonchev–Trinajstić information content (AvgIpc) is 3.09. The molecule has 1 aromatic rings. The van der Waals surface area contributed by atoms with Gasteiger partial charge in [-0.05, 0) is 0 Å². The molecule has 0 aliphatic carbocycles. The summed E-state index contributed by atoms with van der Waals surface area (Å²) >= 11 is 1.43. The maximum Gasteiger partial charge on any atom is 0.352 e. The van der Waals surface area contributed by atoms with Crippen LogP contribution in [0.2, 0.25) is 0 Å². The molecule has 4 heterocycles. The fourth-order valence-corrected chi connectivity index (χ4v) is 5.04. The zero-order chi connectivity index (χ0) is 20.0. The minimum Gasteiger partial charge on any atom is -0.477 e. The zero-order valence-corrected chi connectivity index (χ0v) is 15.4. The molecule has 28 heavy (non-hydrogen) atoms. The minimum absolute atomic E-state index is 0.0396. The number of aliphatic carboxylic acids is 1. The second-order valence-electron chi connectivity index (χ2n) is 6.66. The molecule has 3 N–H and O–H groups in total. The van der Waals surface area contributed by atoms with Gasteiger partial charge in [0.05, 0.1) is 12.6 Å². The first kappa shape index (κ1) is 18.5. The number of carboxylic acids is 1. The molecule has 1 unspecified atom stereocenters. The highest BCUT2D eigenvalue weighted by Crippen LogP contribution is 2.39. The molecule has 11 nitrogen and oxygen atoms in total. The molecule has 0 bridgehead atoms. The normalized spacial score (nSPS) is 26.3. The Morgan fingerprint density at radius 3 is 2.89 bits per heavy atom. The van der Waals surface area contributed by atoms with Crippen molar-refractivity contribution in [1.29, 1.82) is 0 Å². The molecule has 3 atom stereocenters. The summed E-state index contributed by atoms with van der Waals surface area (Å²) in [5.74, 6) is -0.547. The smallest absolute Gasteiger partial charge is 0.352 e. The van der Waals surface area contributed by atoms with Crippen LogP contribution in [0.1, 0.15) is 0 Å². The number of amides is 2. The highest BCUT2D eigenvalue weighted by atomic mass is 32.2. The van der Waals surface area contributed by atoms with Crippen LogP contribution in [0.5, 0.6) is 0 Å². The number of carbonyl (C=O) groups excluding carboxylic acids is 3. The number of aromatic nitrogens is 2. The second kappa shape index (κ2) is 6.95. The van der Waals surface area contributed by atoms with Crippen molar-refractivity contribution < 1.29 is 33.7 Å². The Bertz CT molecular complexity index is 898. The van der Waals surface area contributed by atoms with Crippen LogP contribution < -0.4 is 15.3 Å². The summed E-state index contributed by atoms with van der Waals surface area (Å²) in [4.78, 5) is 48.6. The number of hydrogen-bond acceptors (Lipinski definition) is 7. The monoisotopic (exact) mass is 408 g/mol. The first-order chi connectivity index (χ1) is 13.5. The van der Waals surface area contributed by atoms with Crippen molar-refractivity contribution in [1.82, 2.24) is 9.58 Å². The zero-order valence-electron chi connectivity index (χ0n) is 14.6. The van der Waals surface area contributed by atoms with Crippen LogP contribution >= 0.6 is 11.8 Å². The Hall–Kier alpha value is -2.86. The number of carbonyl (C=O) groups is 4. The summed E-state index contributed by atoms with van der Waals surface area (Å²) in [6.07, 6.45) is 1.86. The van der Waals surface area contributed by atoms with E-state index in [1.807, 2.05) is 0 Å². The molecule has 1 fully saturated rings. The molecule has 0 aromatic carbocycles. The van der Waals surface area contributed by atoms with Gasteiger partial charge in [0.1, 0.15) is 29.8 Å². The van der Waals surface area contributed by atoms with Crippen molar-refractivity contribution in [2.75, 3.05) is 17.2 Å².